The summed E-state index contributed by atoms with van der Waals surface area (Å²) in [6.07, 6.45) is 17.4. The summed E-state index contributed by atoms with van der Waals surface area (Å²) in [6, 6.07) is 0. The number of allylic oxidation sites excluding steroid dienone is 2. The summed E-state index contributed by atoms with van der Waals surface area (Å²) in [5, 5.41) is 0. The molecule has 0 radical (unpaired) electrons. The number of rotatable bonds is 6. The maximum Gasteiger partial charge on any atom is 0.302 e. The van der Waals surface area contributed by atoms with E-state index in [1.165, 1.54) is 57.8 Å². The topological polar surface area (TPSA) is 26.3 Å². The third-order valence-electron chi connectivity index (χ3n) is 10.8. The van der Waals surface area contributed by atoms with Crippen molar-refractivity contribution in [2.24, 2.45) is 58.2 Å². The summed E-state index contributed by atoms with van der Waals surface area (Å²) in [5.74, 6) is 6.38. The summed E-state index contributed by atoms with van der Waals surface area (Å²) in [4.78, 5) is 11.4. The Morgan fingerprint density at radius 3 is 2.32 bits per heavy atom. The van der Waals surface area contributed by atoms with Crippen molar-refractivity contribution < 1.29 is 9.53 Å². The molecule has 4 aliphatic rings. The van der Waals surface area contributed by atoms with Crippen molar-refractivity contribution in [3.05, 3.63) is 12.2 Å². The molecule has 31 heavy (non-hydrogen) atoms. The van der Waals surface area contributed by atoms with Crippen LogP contribution >= 0.6 is 0 Å². The standard InChI is InChI=1S/C29H48O2/c1-19(2)8-7-9-20(3)24-12-13-26-23-10-11-25-22(18-31-21(4)30)14-16-29(25,6)27(23)15-17-28(24,26)5/h7,9,19-20,22-27H,8,10-18H2,1-6H3. The molecule has 0 aromatic carbocycles. The molecule has 0 spiro atoms. The van der Waals surface area contributed by atoms with Gasteiger partial charge in [0.25, 0.3) is 0 Å². The molecule has 4 rings (SSSR count). The van der Waals surface area contributed by atoms with E-state index >= 15 is 0 Å². The zero-order chi connectivity index (χ0) is 22.4. The first-order valence-corrected chi connectivity index (χ1v) is 13.5. The minimum atomic E-state index is -0.107. The highest BCUT2D eigenvalue weighted by Crippen LogP contribution is 2.69. The first-order valence-electron chi connectivity index (χ1n) is 13.5. The van der Waals surface area contributed by atoms with E-state index in [1.807, 2.05) is 0 Å². The van der Waals surface area contributed by atoms with Crippen molar-refractivity contribution in [1.82, 2.24) is 0 Å². The lowest BCUT2D eigenvalue weighted by Gasteiger charge is -2.58. The first-order chi connectivity index (χ1) is 14.7. The number of carbonyl (C=O) groups is 1. The highest BCUT2D eigenvalue weighted by molar-refractivity contribution is 5.65. The van der Waals surface area contributed by atoms with Crippen LogP contribution < -0.4 is 0 Å². The van der Waals surface area contributed by atoms with E-state index in [0.29, 0.717) is 23.4 Å². The molecule has 4 saturated carbocycles. The van der Waals surface area contributed by atoms with Gasteiger partial charge in [-0.2, -0.15) is 0 Å². The van der Waals surface area contributed by atoms with Gasteiger partial charge in [-0.25, -0.2) is 0 Å². The highest BCUT2D eigenvalue weighted by atomic mass is 16.5. The largest absolute Gasteiger partial charge is 0.466 e. The van der Waals surface area contributed by atoms with Gasteiger partial charge in [0, 0.05) is 6.92 Å². The monoisotopic (exact) mass is 428 g/mol. The quantitative estimate of drug-likeness (QED) is 0.320. The average molecular weight is 429 g/mol. The number of esters is 1. The first kappa shape index (κ1) is 23.4. The van der Waals surface area contributed by atoms with Crippen LogP contribution in [0.5, 0.6) is 0 Å². The summed E-state index contributed by atoms with van der Waals surface area (Å²) in [5.41, 5.74) is 1.03. The van der Waals surface area contributed by atoms with Gasteiger partial charge in [0.15, 0.2) is 0 Å². The molecule has 0 aromatic rings. The number of hydrogen-bond donors (Lipinski definition) is 0. The second-order valence-corrected chi connectivity index (χ2v) is 12.8. The van der Waals surface area contributed by atoms with E-state index in [0.717, 1.165) is 41.4 Å². The molecule has 0 aliphatic heterocycles. The van der Waals surface area contributed by atoms with Gasteiger partial charge in [-0.3, -0.25) is 4.79 Å². The molecule has 176 valence electrons. The van der Waals surface area contributed by atoms with Crippen LogP contribution in [0.3, 0.4) is 0 Å². The van der Waals surface area contributed by atoms with Crippen molar-refractivity contribution in [2.75, 3.05) is 6.61 Å². The smallest absolute Gasteiger partial charge is 0.302 e. The molecule has 0 bridgehead atoms. The lowest BCUT2D eigenvalue weighted by molar-refractivity contribution is -0.144. The Labute approximate surface area is 192 Å². The maximum atomic E-state index is 11.4. The fraction of sp³-hybridized carbons (Fsp3) is 0.897. The molecule has 0 amide bonds. The normalized spacial score (nSPS) is 45.4. The molecule has 0 N–H and O–H groups in total. The summed E-state index contributed by atoms with van der Waals surface area (Å²) < 4.78 is 5.48. The maximum absolute atomic E-state index is 11.4. The van der Waals surface area contributed by atoms with Crippen molar-refractivity contribution in [3.8, 4) is 0 Å². The number of fused-ring (bicyclic) bond motifs is 5. The summed E-state index contributed by atoms with van der Waals surface area (Å²) in [6.45, 7) is 14.6. The molecule has 9 atom stereocenters. The zero-order valence-electron chi connectivity index (χ0n) is 21.2. The van der Waals surface area contributed by atoms with Crippen LogP contribution in [0, 0.1) is 58.2 Å². The van der Waals surface area contributed by atoms with Gasteiger partial charge < -0.3 is 4.74 Å². The molecule has 0 heterocycles. The van der Waals surface area contributed by atoms with Crippen molar-refractivity contribution in [2.45, 2.75) is 99.3 Å². The Bertz CT molecular complexity index is 680. The van der Waals surface area contributed by atoms with Gasteiger partial charge in [0.05, 0.1) is 6.61 Å². The van der Waals surface area contributed by atoms with Gasteiger partial charge in [-0.15, -0.1) is 0 Å². The Balaban J connectivity index is 1.46. The van der Waals surface area contributed by atoms with E-state index in [4.69, 9.17) is 4.74 Å². The summed E-state index contributed by atoms with van der Waals surface area (Å²) >= 11 is 0. The lowest BCUT2D eigenvalue weighted by atomic mass is 9.47. The van der Waals surface area contributed by atoms with E-state index in [1.54, 1.807) is 6.92 Å². The Morgan fingerprint density at radius 2 is 1.61 bits per heavy atom. The van der Waals surface area contributed by atoms with Gasteiger partial charge in [-0.05, 0) is 116 Å². The van der Waals surface area contributed by atoms with Crippen LogP contribution in [-0.4, -0.2) is 12.6 Å². The number of carbonyl (C=O) groups excluding carboxylic acids is 1. The lowest BCUT2D eigenvalue weighted by Crippen LogP contribution is -2.51. The molecule has 0 aromatic heterocycles. The summed E-state index contributed by atoms with van der Waals surface area (Å²) in [7, 11) is 0. The van der Waals surface area contributed by atoms with E-state index in [-0.39, 0.29) is 5.97 Å². The minimum Gasteiger partial charge on any atom is -0.466 e. The Kier molecular flexibility index (Phi) is 6.68. The van der Waals surface area contributed by atoms with Crippen molar-refractivity contribution >= 4 is 5.97 Å². The molecule has 2 nitrogen and oxygen atoms in total. The van der Waals surface area contributed by atoms with Gasteiger partial charge in [-0.1, -0.05) is 46.8 Å². The molecular weight excluding hydrogens is 380 g/mol. The predicted molar refractivity (Wildman–Crippen MR) is 128 cm³/mol. The molecule has 4 fully saturated rings. The fourth-order valence-corrected chi connectivity index (χ4v) is 9.36. The Hall–Kier alpha value is -0.790. The van der Waals surface area contributed by atoms with Crippen LogP contribution in [0.25, 0.3) is 0 Å². The number of hydrogen-bond acceptors (Lipinski definition) is 2. The third-order valence-corrected chi connectivity index (χ3v) is 10.8. The molecule has 4 aliphatic carbocycles. The molecule has 9 unspecified atom stereocenters. The predicted octanol–water partition coefficient (Wildman–Crippen LogP) is 7.67. The fourth-order valence-electron chi connectivity index (χ4n) is 9.36. The van der Waals surface area contributed by atoms with Crippen LogP contribution in [0.15, 0.2) is 12.2 Å². The van der Waals surface area contributed by atoms with Crippen molar-refractivity contribution in [1.29, 1.82) is 0 Å². The molecular formula is C29H48O2. The highest BCUT2D eigenvalue weighted by Gasteiger charge is 2.62. The average Bonchev–Trinajstić information content (AvgIpc) is 3.22. The molecule has 2 heteroatoms. The van der Waals surface area contributed by atoms with Gasteiger partial charge in [0.2, 0.25) is 0 Å². The van der Waals surface area contributed by atoms with E-state index in [9.17, 15) is 4.79 Å². The second kappa shape index (κ2) is 8.86. The van der Waals surface area contributed by atoms with Gasteiger partial charge >= 0.3 is 5.97 Å². The van der Waals surface area contributed by atoms with Gasteiger partial charge in [0.1, 0.15) is 0 Å². The second-order valence-electron chi connectivity index (χ2n) is 12.8. The van der Waals surface area contributed by atoms with Crippen LogP contribution in [0.4, 0.5) is 0 Å². The Morgan fingerprint density at radius 1 is 0.935 bits per heavy atom. The SMILES string of the molecule is CC(=O)OCC1CCC2(C)C1CCC1C3CCC(C(C)C=CCC(C)C)C3(C)CCC12. The molecule has 0 saturated heterocycles. The third kappa shape index (κ3) is 4.15. The number of ether oxygens (including phenoxy) is 1. The van der Waals surface area contributed by atoms with Crippen molar-refractivity contribution in [3.63, 3.8) is 0 Å². The van der Waals surface area contributed by atoms with E-state index in [2.05, 4.69) is 46.8 Å². The minimum absolute atomic E-state index is 0.107. The van der Waals surface area contributed by atoms with Crippen LogP contribution in [0.1, 0.15) is 99.3 Å². The van der Waals surface area contributed by atoms with E-state index < -0.39 is 0 Å². The zero-order valence-corrected chi connectivity index (χ0v) is 21.2. The van der Waals surface area contributed by atoms with Crippen LogP contribution in [-0.2, 0) is 9.53 Å². The van der Waals surface area contributed by atoms with Crippen LogP contribution in [0.2, 0.25) is 0 Å².